The minimum atomic E-state index is -4.40. The topological polar surface area (TPSA) is 84.4 Å². The molecule has 1 aliphatic rings. The quantitative estimate of drug-likeness (QED) is 0.281. The van der Waals surface area contributed by atoms with E-state index in [9.17, 15) is 17.2 Å². The molecule has 5 rings (SSSR count). The van der Waals surface area contributed by atoms with E-state index in [1.54, 1.807) is 0 Å². The molecule has 198 valence electrons. The van der Waals surface area contributed by atoms with Crippen LogP contribution in [0.25, 0.3) is 0 Å². The minimum Gasteiger partial charge on any atom is -0.490 e. The number of ether oxygens (including phenoxy) is 1. The molecule has 3 aromatic carbocycles. The van der Waals surface area contributed by atoms with Crippen LogP contribution in [0.3, 0.4) is 0 Å². The Hall–Kier alpha value is -3.12. The van der Waals surface area contributed by atoms with Gasteiger partial charge in [-0.3, -0.25) is 9.62 Å². The number of halogens is 3. The van der Waals surface area contributed by atoms with Crippen LogP contribution in [0, 0.1) is 17.6 Å². The van der Waals surface area contributed by atoms with E-state index in [-0.39, 0.29) is 29.3 Å². The molecule has 0 amide bonds. The minimum absolute atomic E-state index is 0.0233. The van der Waals surface area contributed by atoms with Gasteiger partial charge in [-0.1, -0.05) is 54.1 Å². The lowest BCUT2D eigenvalue weighted by molar-refractivity contribution is 0.224. The summed E-state index contributed by atoms with van der Waals surface area (Å²) in [5.74, 6) is -2.41. The first-order valence-electron chi connectivity index (χ1n) is 11.7. The number of nitrogens with zero attached hydrogens (tertiary/aromatic N) is 3. The van der Waals surface area contributed by atoms with E-state index in [0.29, 0.717) is 17.6 Å². The molecule has 1 aliphatic heterocycles. The Bertz CT molecular complexity index is 1490. The lowest BCUT2D eigenvalue weighted by Gasteiger charge is -2.20. The molecule has 1 N–H and O–H groups in total. The summed E-state index contributed by atoms with van der Waals surface area (Å²) in [6, 6.07) is 19.1. The van der Waals surface area contributed by atoms with Crippen molar-refractivity contribution >= 4 is 38.3 Å². The second kappa shape index (κ2) is 11.3. The van der Waals surface area contributed by atoms with E-state index >= 15 is 0 Å². The van der Waals surface area contributed by atoms with Crippen LogP contribution in [0.15, 0.2) is 78.0 Å². The van der Waals surface area contributed by atoms with Gasteiger partial charge in [-0.2, -0.15) is 4.37 Å². The van der Waals surface area contributed by atoms with Crippen molar-refractivity contribution in [3.05, 3.63) is 101 Å². The predicted octanol–water partition coefficient (Wildman–Crippen LogP) is 5.57. The van der Waals surface area contributed by atoms with Crippen LogP contribution in [-0.2, 0) is 16.6 Å². The number of rotatable bonds is 9. The molecule has 7 nitrogen and oxygen atoms in total. The summed E-state index contributed by atoms with van der Waals surface area (Å²) in [4.78, 5) is 5.16. The SMILES string of the molecule is O=S(=O)(Nc1ncns1)c1cc(F)c(OC[C@H]2CN(Cc3ccccc3)C[C@@H]2c2ccc(Cl)cc2)cc1F. The van der Waals surface area contributed by atoms with Gasteiger partial charge in [0, 0.05) is 60.2 Å². The maximum atomic E-state index is 14.9. The van der Waals surface area contributed by atoms with Crippen LogP contribution in [-0.4, -0.2) is 42.4 Å². The predicted molar refractivity (Wildman–Crippen MR) is 142 cm³/mol. The first-order valence-corrected chi connectivity index (χ1v) is 14.3. The number of hydrogen-bond donors (Lipinski definition) is 1. The standard InChI is InChI=1S/C26H23ClF2N4O3S2/c27-20-8-6-18(7-9-20)21-14-33(12-17-4-2-1-3-5-17)13-19(21)15-36-24-10-23(29)25(11-22(24)28)38(34,35)32-26-30-16-31-37-26/h1-11,16,19,21H,12-15H2,(H,30,31,32)/t19-,21-/m1/s1. The van der Waals surface area contributed by atoms with Crippen LogP contribution < -0.4 is 9.46 Å². The molecule has 12 heteroatoms. The number of sulfonamides is 1. The van der Waals surface area contributed by atoms with E-state index in [1.807, 2.05) is 42.5 Å². The fourth-order valence-corrected chi connectivity index (χ4v) is 6.46. The maximum absolute atomic E-state index is 14.9. The number of benzene rings is 3. The van der Waals surface area contributed by atoms with Crippen molar-refractivity contribution in [1.82, 2.24) is 14.3 Å². The van der Waals surface area contributed by atoms with Gasteiger partial charge in [-0.15, -0.1) is 0 Å². The zero-order valence-corrected chi connectivity index (χ0v) is 22.3. The van der Waals surface area contributed by atoms with Gasteiger partial charge in [0.05, 0.1) is 6.61 Å². The summed E-state index contributed by atoms with van der Waals surface area (Å²) >= 11 is 6.86. The Kier molecular flexibility index (Phi) is 7.89. The Labute approximate surface area is 228 Å². The zero-order chi connectivity index (χ0) is 26.7. The molecule has 38 heavy (non-hydrogen) atoms. The Morgan fingerprint density at radius 3 is 2.53 bits per heavy atom. The van der Waals surface area contributed by atoms with Crippen molar-refractivity contribution in [1.29, 1.82) is 0 Å². The first kappa shape index (κ1) is 26.5. The van der Waals surface area contributed by atoms with E-state index < -0.39 is 26.6 Å². The largest absolute Gasteiger partial charge is 0.490 e. The summed E-state index contributed by atoms with van der Waals surface area (Å²) in [5.41, 5.74) is 2.25. The van der Waals surface area contributed by atoms with E-state index in [0.717, 1.165) is 42.6 Å². The average molecular weight is 577 g/mol. The van der Waals surface area contributed by atoms with Gasteiger partial charge in [0.1, 0.15) is 17.0 Å². The first-order chi connectivity index (χ1) is 18.3. The summed E-state index contributed by atoms with van der Waals surface area (Å²) < 4.78 is 66.3. The van der Waals surface area contributed by atoms with E-state index in [4.69, 9.17) is 16.3 Å². The number of likely N-dealkylation sites (tertiary alicyclic amines) is 1. The third-order valence-corrected chi connectivity index (χ3v) is 8.69. The molecule has 2 heterocycles. The average Bonchev–Trinajstić information content (AvgIpc) is 3.55. The second-order valence-corrected chi connectivity index (χ2v) is 11.8. The molecule has 4 aromatic rings. The van der Waals surface area contributed by atoms with Crippen LogP contribution >= 0.6 is 23.1 Å². The normalized spacial score (nSPS) is 18.0. The Morgan fingerprint density at radius 2 is 1.82 bits per heavy atom. The highest BCUT2D eigenvalue weighted by Crippen LogP contribution is 2.35. The van der Waals surface area contributed by atoms with Crippen LogP contribution in [0.5, 0.6) is 5.75 Å². The van der Waals surface area contributed by atoms with Crippen molar-refractivity contribution < 1.29 is 21.9 Å². The summed E-state index contributed by atoms with van der Waals surface area (Å²) in [7, 11) is -4.40. The van der Waals surface area contributed by atoms with Crippen molar-refractivity contribution in [2.75, 3.05) is 24.4 Å². The van der Waals surface area contributed by atoms with E-state index in [1.165, 1.54) is 5.56 Å². The highest BCUT2D eigenvalue weighted by Gasteiger charge is 2.35. The third-order valence-electron chi connectivity index (χ3n) is 6.38. The lowest BCUT2D eigenvalue weighted by atomic mass is 9.89. The van der Waals surface area contributed by atoms with Gasteiger partial charge in [0.2, 0.25) is 5.13 Å². The second-order valence-electron chi connectivity index (χ2n) is 8.97. The molecule has 0 radical (unpaired) electrons. The van der Waals surface area contributed by atoms with Crippen molar-refractivity contribution in [2.45, 2.75) is 17.4 Å². The van der Waals surface area contributed by atoms with Crippen molar-refractivity contribution in [2.24, 2.45) is 5.92 Å². The number of aromatic nitrogens is 2. The maximum Gasteiger partial charge on any atom is 0.266 e. The molecule has 0 spiro atoms. The molecule has 1 saturated heterocycles. The van der Waals surface area contributed by atoms with Gasteiger partial charge < -0.3 is 4.74 Å². The Balaban J connectivity index is 1.33. The monoisotopic (exact) mass is 576 g/mol. The third kappa shape index (κ3) is 6.12. The highest BCUT2D eigenvalue weighted by molar-refractivity contribution is 7.93. The lowest BCUT2D eigenvalue weighted by Crippen LogP contribution is -2.22. The molecular weight excluding hydrogens is 554 g/mol. The van der Waals surface area contributed by atoms with Crippen LogP contribution in [0.1, 0.15) is 17.0 Å². The van der Waals surface area contributed by atoms with Gasteiger partial charge in [0.25, 0.3) is 10.0 Å². The summed E-state index contributed by atoms with van der Waals surface area (Å²) in [6.07, 6.45) is 1.15. The van der Waals surface area contributed by atoms with Gasteiger partial charge in [-0.05, 0) is 23.3 Å². The Morgan fingerprint density at radius 1 is 1.05 bits per heavy atom. The summed E-state index contributed by atoms with van der Waals surface area (Å²) in [5, 5.41) is 0.577. The molecule has 0 aliphatic carbocycles. The van der Waals surface area contributed by atoms with Gasteiger partial charge in [-0.25, -0.2) is 22.2 Å². The van der Waals surface area contributed by atoms with Crippen molar-refractivity contribution in [3.63, 3.8) is 0 Å². The molecule has 2 atom stereocenters. The highest BCUT2D eigenvalue weighted by atomic mass is 35.5. The van der Waals surface area contributed by atoms with E-state index in [2.05, 4.69) is 31.1 Å². The van der Waals surface area contributed by atoms with Gasteiger partial charge in [0.15, 0.2) is 11.6 Å². The molecule has 0 bridgehead atoms. The number of nitrogens with one attached hydrogen (secondary N) is 1. The fourth-order valence-electron chi connectivity index (χ4n) is 4.60. The zero-order valence-electron chi connectivity index (χ0n) is 19.9. The van der Waals surface area contributed by atoms with Gasteiger partial charge >= 0.3 is 0 Å². The molecule has 1 fully saturated rings. The fraction of sp³-hybridized carbons (Fsp3) is 0.231. The van der Waals surface area contributed by atoms with Crippen LogP contribution in [0.4, 0.5) is 13.9 Å². The summed E-state index contributed by atoms with van der Waals surface area (Å²) in [6.45, 7) is 2.31. The molecule has 0 unspecified atom stereocenters. The molecular formula is C26H23ClF2N4O3S2. The van der Waals surface area contributed by atoms with Crippen LogP contribution in [0.2, 0.25) is 5.02 Å². The number of anilines is 1. The smallest absolute Gasteiger partial charge is 0.266 e. The molecule has 0 saturated carbocycles. The molecule has 1 aromatic heterocycles. The van der Waals surface area contributed by atoms with Crippen molar-refractivity contribution in [3.8, 4) is 5.75 Å². The number of hydrogen-bond acceptors (Lipinski definition) is 7.